The van der Waals surface area contributed by atoms with Gasteiger partial charge in [0.1, 0.15) is 11.5 Å². The van der Waals surface area contributed by atoms with Crippen LogP contribution >= 0.6 is 22.9 Å². The number of aromatic nitrogens is 1. The van der Waals surface area contributed by atoms with Gasteiger partial charge in [0.15, 0.2) is 0 Å². The van der Waals surface area contributed by atoms with Gasteiger partial charge < -0.3 is 10.6 Å². The molecule has 0 spiro atoms. The lowest BCUT2D eigenvalue weighted by molar-refractivity contribution is -0.117. The molecule has 1 atom stereocenters. The third-order valence-corrected chi connectivity index (χ3v) is 9.06. The monoisotopic (exact) mass is 569 g/mol. The largest absolute Gasteiger partial charge is 0.460 e. The van der Waals surface area contributed by atoms with Crippen LogP contribution in [0.2, 0.25) is 5.02 Å². The highest BCUT2D eigenvalue weighted by atomic mass is 35.5. The predicted octanol–water partition coefficient (Wildman–Crippen LogP) is 5.57. The molecule has 9 heteroatoms. The van der Waals surface area contributed by atoms with Crippen molar-refractivity contribution < 1.29 is 9.53 Å². The van der Waals surface area contributed by atoms with Crippen LogP contribution in [0.5, 0.6) is 0 Å². The average molecular weight is 570 g/mol. The Morgan fingerprint density at radius 3 is 2.33 bits per heavy atom. The molecule has 4 aromatic rings. The molecule has 1 amide bonds. The number of thiazole rings is 1. The van der Waals surface area contributed by atoms with E-state index in [0.29, 0.717) is 27.6 Å². The minimum absolute atomic E-state index is 0.293. The van der Waals surface area contributed by atoms with E-state index in [0.717, 1.165) is 38.7 Å². The van der Waals surface area contributed by atoms with Crippen LogP contribution in [-0.4, -0.2) is 10.5 Å². The second-order valence-electron chi connectivity index (χ2n) is 10.4. The molecule has 1 aliphatic carbocycles. The number of fused-ring (bicyclic) bond motifs is 2. The number of carbonyl (C=O) groups is 1. The van der Waals surface area contributed by atoms with Crippen molar-refractivity contribution in [2.75, 3.05) is 0 Å². The molecule has 40 heavy (non-hydrogen) atoms. The van der Waals surface area contributed by atoms with Gasteiger partial charge in [0.2, 0.25) is 4.80 Å². The first kappa shape index (κ1) is 26.1. The van der Waals surface area contributed by atoms with Crippen molar-refractivity contribution in [3.8, 4) is 5.69 Å². The number of allylic oxidation sites excluding steroid dienone is 2. The van der Waals surface area contributed by atoms with Crippen LogP contribution < -0.4 is 21.9 Å². The molecular formula is C31H28ClN5O2S. The number of nitrogens with one attached hydrogen (secondary N) is 1. The fraction of sp³-hybridized carbons (Fsp3) is 0.161. The fourth-order valence-electron chi connectivity index (χ4n) is 5.64. The zero-order valence-electron chi connectivity index (χ0n) is 22.0. The quantitative estimate of drug-likeness (QED) is 0.169. The minimum Gasteiger partial charge on any atom is -0.460 e. The van der Waals surface area contributed by atoms with Crippen molar-refractivity contribution in [1.82, 2.24) is 9.99 Å². The van der Waals surface area contributed by atoms with E-state index in [1.165, 1.54) is 0 Å². The molecule has 1 unspecified atom stereocenters. The maximum atomic E-state index is 13.7. The number of hydrogen-bond donors (Lipinski definition) is 3. The Labute approximate surface area is 241 Å². The SMILES string of the molecule is CC1(C)CC2=C(c3c1sc(=NN)n3-c1ccccc1)C(c1ccc(Cl)cc1)C(C(=O)NN)=C(c1ccccc1)O2. The molecule has 1 aromatic heterocycles. The van der Waals surface area contributed by atoms with E-state index in [1.54, 1.807) is 11.3 Å². The van der Waals surface area contributed by atoms with Gasteiger partial charge in [0, 0.05) is 44.5 Å². The van der Waals surface area contributed by atoms with Crippen LogP contribution in [0.25, 0.3) is 17.0 Å². The summed E-state index contributed by atoms with van der Waals surface area (Å²) in [7, 11) is 0. The molecule has 2 heterocycles. The van der Waals surface area contributed by atoms with Crippen molar-refractivity contribution in [3.05, 3.63) is 128 Å². The Morgan fingerprint density at radius 1 is 1.05 bits per heavy atom. The van der Waals surface area contributed by atoms with Crippen molar-refractivity contribution >= 4 is 40.2 Å². The predicted molar refractivity (Wildman–Crippen MR) is 159 cm³/mol. The maximum absolute atomic E-state index is 13.7. The summed E-state index contributed by atoms with van der Waals surface area (Å²) in [6, 6.07) is 27.2. The molecule has 202 valence electrons. The number of hydrazine groups is 1. The first-order valence-corrected chi connectivity index (χ1v) is 14.1. The smallest absolute Gasteiger partial charge is 0.265 e. The van der Waals surface area contributed by atoms with E-state index in [-0.39, 0.29) is 5.41 Å². The van der Waals surface area contributed by atoms with E-state index >= 15 is 0 Å². The van der Waals surface area contributed by atoms with Crippen LogP contribution in [0.1, 0.15) is 47.9 Å². The highest BCUT2D eigenvalue weighted by Gasteiger charge is 2.46. The highest BCUT2D eigenvalue weighted by molar-refractivity contribution is 7.09. The fourth-order valence-corrected chi connectivity index (χ4v) is 6.94. The molecule has 1 aliphatic heterocycles. The van der Waals surface area contributed by atoms with Gasteiger partial charge in [-0.25, -0.2) is 5.84 Å². The standard InChI is InChI=1S/C31H28ClN5O2S/c1-31(2)17-22-24(26-28(31)40-30(36-34)37(26)21-11-7-4-8-12-21)23(18-13-15-20(32)16-14-18)25(29(38)35-33)27(39-22)19-9-5-3-6-10-19/h3-16,23H,17,33-34H2,1-2H3,(H,35,38). The molecule has 2 aliphatic rings. The van der Waals surface area contributed by atoms with Crippen molar-refractivity contribution in [3.63, 3.8) is 0 Å². The Hall–Kier alpha value is -4.11. The number of amides is 1. The number of ether oxygens (including phenoxy) is 1. The number of carbonyl (C=O) groups excluding carboxylic acids is 1. The van der Waals surface area contributed by atoms with Crippen molar-refractivity contribution in [1.29, 1.82) is 0 Å². The zero-order valence-corrected chi connectivity index (χ0v) is 23.6. The number of rotatable bonds is 4. The summed E-state index contributed by atoms with van der Waals surface area (Å²) in [5.41, 5.74) is 6.87. The summed E-state index contributed by atoms with van der Waals surface area (Å²) in [6.07, 6.45) is 0.618. The molecule has 7 nitrogen and oxygen atoms in total. The molecule has 0 radical (unpaired) electrons. The molecule has 6 rings (SSSR count). The Balaban J connectivity index is 1.73. The van der Waals surface area contributed by atoms with Gasteiger partial charge in [0.25, 0.3) is 5.91 Å². The second kappa shape index (κ2) is 10.1. The van der Waals surface area contributed by atoms with E-state index in [1.807, 2.05) is 84.9 Å². The Bertz CT molecular complexity index is 1740. The first-order valence-electron chi connectivity index (χ1n) is 12.9. The van der Waals surface area contributed by atoms with E-state index in [4.69, 9.17) is 28.0 Å². The number of para-hydroxylation sites is 1. The number of nitrogens with zero attached hydrogens (tertiary/aromatic N) is 2. The first-order chi connectivity index (χ1) is 19.3. The molecule has 0 fully saturated rings. The van der Waals surface area contributed by atoms with Crippen LogP contribution in [0.3, 0.4) is 0 Å². The summed E-state index contributed by atoms with van der Waals surface area (Å²) >= 11 is 7.86. The Kier molecular flexibility index (Phi) is 6.62. The lowest BCUT2D eigenvalue weighted by Gasteiger charge is -2.40. The van der Waals surface area contributed by atoms with Crippen LogP contribution in [0.15, 0.2) is 101 Å². The van der Waals surface area contributed by atoms with Crippen LogP contribution in [0, 0.1) is 0 Å². The normalized spacial score (nSPS) is 18.2. The molecule has 3 aromatic carbocycles. The molecule has 0 saturated heterocycles. The van der Waals surface area contributed by atoms with Gasteiger partial charge in [-0.05, 0) is 29.8 Å². The summed E-state index contributed by atoms with van der Waals surface area (Å²) in [5, 5.41) is 4.79. The van der Waals surface area contributed by atoms with Gasteiger partial charge in [-0.15, -0.1) is 0 Å². The summed E-state index contributed by atoms with van der Waals surface area (Å²) in [6.45, 7) is 4.38. The summed E-state index contributed by atoms with van der Waals surface area (Å²) < 4.78 is 8.82. The lowest BCUT2D eigenvalue weighted by atomic mass is 9.71. The van der Waals surface area contributed by atoms with E-state index in [9.17, 15) is 4.79 Å². The second-order valence-corrected chi connectivity index (χ2v) is 11.8. The summed E-state index contributed by atoms with van der Waals surface area (Å²) in [5.74, 6) is 12.1. The Morgan fingerprint density at radius 2 is 1.70 bits per heavy atom. The van der Waals surface area contributed by atoms with Gasteiger partial charge in [-0.1, -0.05) is 97.4 Å². The minimum atomic E-state index is -0.509. The number of benzene rings is 3. The number of nitrogens with two attached hydrogens (primary N) is 2. The zero-order chi connectivity index (χ0) is 28.0. The number of hydrogen-bond acceptors (Lipinski definition) is 6. The molecular weight excluding hydrogens is 542 g/mol. The third kappa shape index (κ3) is 4.25. The van der Waals surface area contributed by atoms with Gasteiger partial charge >= 0.3 is 0 Å². The molecule has 0 saturated carbocycles. The average Bonchev–Trinajstić information content (AvgIpc) is 3.38. The summed E-state index contributed by atoms with van der Waals surface area (Å²) in [4.78, 5) is 15.4. The lowest BCUT2D eigenvalue weighted by Crippen LogP contribution is -2.37. The number of halogens is 1. The van der Waals surface area contributed by atoms with Gasteiger partial charge in [-0.3, -0.25) is 14.8 Å². The van der Waals surface area contributed by atoms with Crippen molar-refractivity contribution in [2.45, 2.75) is 31.6 Å². The molecule has 5 N–H and O–H groups in total. The third-order valence-electron chi connectivity index (χ3n) is 7.38. The van der Waals surface area contributed by atoms with E-state index in [2.05, 4.69) is 28.9 Å². The van der Waals surface area contributed by atoms with Gasteiger partial charge in [0.05, 0.1) is 11.3 Å². The molecule has 0 bridgehead atoms. The maximum Gasteiger partial charge on any atom is 0.265 e. The van der Waals surface area contributed by atoms with Crippen molar-refractivity contribution in [2.24, 2.45) is 16.8 Å². The van der Waals surface area contributed by atoms with Crippen LogP contribution in [0.4, 0.5) is 0 Å². The van der Waals surface area contributed by atoms with E-state index < -0.39 is 11.8 Å². The van der Waals surface area contributed by atoms with Gasteiger partial charge in [-0.2, -0.15) is 5.10 Å². The van der Waals surface area contributed by atoms with Crippen LogP contribution in [-0.2, 0) is 14.9 Å². The highest BCUT2D eigenvalue weighted by Crippen LogP contribution is 2.55. The topological polar surface area (TPSA) is 108 Å².